The third-order valence-corrected chi connectivity index (χ3v) is 4.75. The summed E-state index contributed by atoms with van der Waals surface area (Å²) in [6.07, 6.45) is 0.965. The van der Waals surface area contributed by atoms with Gasteiger partial charge in [0.2, 0.25) is 5.78 Å². The molecule has 0 atom stereocenters. The fourth-order valence-corrected chi connectivity index (χ4v) is 3.24. The molecule has 0 unspecified atom stereocenters. The number of nitrogens with two attached hydrogens (primary N) is 1. The normalized spacial score (nSPS) is 10.6. The van der Waals surface area contributed by atoms with Gasteiger partial charge in [-0.1, -0.05) is 60.2 Å². The summed E-state index contributed by atoms with van der Waals surface area (Å²) >= 11 is 1.28. The lowest BCUT2D eigenvalue weighted by Crippen LogP contribution is -2.02. The smallest absolute Gasteiger partial charge is 0.206 e. The van der Waals surface area contributed by atoms with Crippen LogP contribution in [0.1, 0.15) is 33.3 Å². The highest BCUT2D eigenvalue weighted by molar-refractivity contribution is 7.18. The van der Waals surface area contributed by atoms with Gasteiger partial charge in [0, 0.05) is 11.3 Å². The van der Waals surface area contributed by atoms with Gasteiger partial charge < -0.3 is 11.1 Å². The van der Waals surface area contributed by atoms with E-state index in [0.717, 1.165) is 17.7 Å². The molecule has 1 heterocycles. The first kappa shape index (κ1) is 16.2. The highest BCUT2D eigenvalue weighted by atomic mass is 32.1. The molecule has 1 aromatic heterocycles. The van der Waals surface area contributed by atoms with E-state index >= 15 is 0 Å². The predicted octanol–water partition coefficient (Wildman–Crippen LogP) is 4.57. The van der Waals surface area contributed by atoms with Crippen molar-refractivity contribution >= 4 is 33.8 Å². The number of hydrogen-bond acceptors (Lipinski definition) is 5. The molecule has 4 nitrogen and oxygen atoms in total. The Morgan fingerprint density at radius 3 is 2.67 bits per heavy atom. The van der Waals surface area contributed by atoms with Crippen LogP contribution < -0.4 is 11.1 Å². The maximum atomic E-state index is 12.6. The first-order valence-corrected chi connectivity index (χ1v) is 8.62. The Labute approximate surface area is 145 Å². The third kappa shape index (κ3) is 3.46. The molecule has 0 radical (unpaired) electrons. The third-order valence-electron chi connectivity index (χ3n) is 3.76. The topological polar surface area (TPSA) is 68.0 Å². The summed E-state index contributed by atoms with van der Waals surface area (Å²) < 4.78 is 0. The number of nitrogens with one attached hydrogen (secondary N) is 1. The molecule has 3 N–H and O–H groups in total. The zero-order chi connectivity index (χ0) is 17.1. The molecule has 3 aromatic rings. The van der Waals surface area contributed by atoms with Gasteiger partial charge in [-0.2, -0.15) is 0 Å². The molecular weight excluding hydrogens is 318 g/mol. The van der Waals surface area contributed by atoms with Crippen molar-refractivity contribution in [3.8, 4) is 0 Å². The van der Waals surface area contributed by atoms with Crippen molar-refractivity contribution < 1.29 is 4.79 Å². The van der Waals surface area contributed by atoms with Gasteiger partial charge >= 0.3 is 0 Å². The van der Waals surface area contributed by atoms with E-state index in [1.165, 1.54) is 16.9 Å². The quantitative estimate of drug-likeness (QED) is 0.669. The van der Waals surface area contributed by atoms with E-state index in [1.807, 2.05) is 43.3 Å². The predicted molar refractivity (Wildman–Crippen MR) is 100 cm³/mol. The van der Waals surface area contributed by atoms with Crippen LogP contribution in [0.4, 0.5) is 16.6 Å². The van der Waals surface area contributed by atoms with Gasteiger partial charge in [-0.25, -0.2) is 4.98 Å². The molecule has 122 valence electrons. The van der Waals surface area contributed by atoms with Gasteiger partial charge in [0.1, 0.15) is 10.7 Å². The molecule has 0 saturated carbocycles. The number of hydrogen-bond donors (Lipinski definition) is 2. The van der Waals surface area contributed by atoms with Crippen LogP contribution in [0.5, 0.6) is 0 Å². The lowest BCUT2D eigenvalue weighted by Gasteiger charge is -2.04. The molecule has 0 bridgehead atoms. The molecular formula is C19H19N3OS. The summed E-state index contributed by atoms with van der Waals surface area (Å²) in [7, 11) is 0. The molecule has 0 fully saturated rings. The largest absolute Gasteiger partial charge is 0.382 e. The Kier molecular flexibility index (Phi) is 4.62. The number of carbonyl (C=O) groups is 1. The summed E-state index contributed by atoms with van der Waals surface area (Å²) in [5, 5.41) is 3.85. The first-order valence-electron chi connectivity index (χ1n) is 7.80. The second-order valence-corrected chi connectivity index (χ2v) is 6.61. The van der Waals surface area contributed by atoms with Crippen LogP contribution in [-0.4, -0.2) is 10.8 Å². The number of thiazole rings is 1. The van der Waals surface area contributed by atoms with E-state index < -0.39 is 0 Å². The molecule has 5 heteroatoms. The molecule has 2 aromatic carbocycles. The lowest BCUT2D eigenvalue weighted by molar-refractivity contribution is 0.104. The van der Waals surface area contributed by atoms with Crippen molar-refractivity contribution in [1.82, 2.24) is 4.98 Å². The van der Waals surface area contributed by atoms with Crippen molar-refractivity contribution in [3.63, 3.8) is 0 Å². The van der Waals surface area contributed by atoms with Crippen molar-refractivity contribution in [2.75, 3.05) is 11.1 Å². The maximum absolute atomic E-state index is 12.6. The second-order valence-electron chi connectivity index (χ2n) is 5.61. The highest BCUT2D eigenvalue weighted by Gasteiger charge is 2.18. The summed E-state index contributed by atoms with van der Waals surface area (Å²) in [6.45, 7) is 4.10. The summed E-state index contributed by atoms with van der Waals surface area (Å²) in [4.78, 5) is 17.4. The number of aromatic nitrogens is 1. The van der Waals surface area contributed by atoms with Crippen LogP contribution in [0.2, 0.25) is 0 Å². The zero-order valence-corrected chi connectivity index (χ0v) is 14.5. The number of carbonyl (C=O) groups excluding carboxylic acids is 1. The van der Waals surface area contributed by atoms with E-state index in [-0.39, 0.29) is 11.6 Å². The van der Waals surface area contributed by atoms with Crippen molar-refractivity contribution in [2.24, 2.45) is 0 Å². The summed E-state index contributed by atoms with van der Waals surface area (Å²) in [5.41, 5.74) is 9.87. The van der Waals surface area contributed by atoms with Crippen molar-refractivity contribution in [2.45, 2.75) is 20.3 Å². The molecule has 0 aliphatic rings. The second kappa shape index (κ2) is 6.84. The maximum Gasteiger partial charge on any atom is 0.206 e. The molecule has 0 amide bonds. The SMILES string of the molecule is CCc1cccc(Nc2nc(N)c(C(=O)c3ccc(C)cc3)s2)c1. The Hall–Kier alpha value is -2.66. The Balaban J connectivity index is 1.84. The molecule has 3 rings (SSSR count). The summed E-state index contributed by atoms with van der Waals surface area (Å²) in [6, 6.07) is 15.6. The molecule has 0 aliphatic heterocycles. The van der Waals surface area contributed by atoms with Crippen molar-refractivity contribution in [3.05, 3.63) is 70.1 Å². The van der Waals surface area contributed by atoms with Gasteiger partial charge in [0.05, 0.1) is 0 Å². The van der Waals surface area contributed by atoms with Crippen LogP contribution >= 0.6 is 11.3 Å². The molecule has 24 heavy (non-hydrogen) atoms. The lowest BCUT2D eigenvalue weighted by atomic mass is 10.1. The van der Waals surface area contributed by atoms with Crippen LogP contribution in [0.15, 0.2) is 48.5 Å². The number of nitrogen functional groups attached to an aromatic ring is 1. The van der Waals surface area contributed by atoms with Crippen LogP contribution in [0, 0.1) is 6.92 Å². The molecule has 0 aliphatic carbocycles. The van der Waals surface area contributed by atoms with Crippen LogP contribution in [0.25, 0.3) is 0 Å². The minimum Gasteiger partial charge on any atom is -0.382 e. The number of anilines is 3. The standard InChI is InChI=1S/C19H19N3OS/c1-3-13-5-4-6-15(11-13)21-19-22-18(20)17(24-19)16(23)14-9-7-12(2)8-10-14/h4-11H,3,20H2,1-2H3,(H,21,22). The average Bonchev–Trinajstić information content (AvgIpc) is 2.95. The zero-order valence-electron chi connectivity index (χ0n) is 13.7. The number of rotatable bonds is 5. The number of ketones is 1. The Morgan fingerprint density at radius 1 is 1.21 bits per heavy atom. The number of nitrogens with zero attached hydrogens (tertiary/aromatic N) is 1. The van der Waals surface area contributed by atoms with E-state index in [9.17, 15) is 4.79 Å². The molecule has 0 spiro atoms. The fraction of sp³-hybridized carbons (Fsp3) is 0.158. The Morgan fingerprint density at radius 2 is 1.96 bits per heavy atom. The van der Waals surface area contributed by atoms with Gasteiger partial charge in [-0.05, 0) is 31.0 Å². The van der Waals surface area contributed by atoms with Crippen molar-refractivity contribution in [1.29, 1.82) is 0 Å². The monoisotopic (exact) mass is 337 g/mol. The van der Waals surface area contributed by atoms with Crippen LogP contribution in [-0.2, 0) is 6.42 Å². The molecule has 0 saturated heterocycles. The van der Waals surface area contributed by atoms with Gasteiger partial charge in [0.25, 0.3) is 0 Å². The van der Waals surface area contributed by atoms with Crippen LogP contribution in [0.3, 0.4) is 0 Å². The Bertz CT molecular complexity index is 869. The van der Waals surface area contributed by atoms with E-state index in [1.54, 1.807) is 0 Å². The van der Waals surface area contributed by atoms with E-state index in [2.05, 4.69) is 29.4 Å². The minimum atomic E-state index is -0.0969. The summed E-state index contributed by atoms with van der Waals surface area (Å²) in [5.74, 6) is 0.167. The first-order chi connectivity index (χ1) is 11.6. The minimum absolute atomic E-state index is 0.0969. The van der Waals surface area contributed by atoms with E-state index in [4.69, 9.17) is 5.73 Å². The van der Waals surface area contributed by atoms with Gasteiger partial charge in [-0.15, -0.1) is 0 Å². The van der Waals surface area contributed by atoms with Gasteiger partial charge in [-0.3, -0.25) is 4.79 Å². The average molecular weight is 337 g/mol. The fourth-order valence-electron chi connectivity index (χ4n) is 2.38. The van der Waals surface area contributed by atoms with Gasteiger partial charge in [0.15, 0.2) is 5.13 Å². The number of benzene rings is 2. The number of aryl methyl sites for hydroxylation is 2. The van der Waals surface area contributed by atoms with E-state index in [0.29, 0.717) is 15.6 Å². The highest BCUT2D eigenvalue weighted by Crippen LogP contribution is 2.30.